The second kappa shape index (κ2) is 7.71. The number of amides is 1. The fourth-order valence-electron chi connectivity index (χ4n) is 2.63. The number of anilines is 1. The van der Waals surface area contributed by atoms with Gasteiger partial charge in [0.05, 0.1) is 6.42 Å². The maximum absolute atomic E-state index is 12.3. The van der Waals surface area contributed by atoms with Gasteiger partial charge in [-0.15, -0.1) is 0 Å². The van der Waals surface area contributed by atoms with Crippen LogP contribution in [0, 0.1) is 13.8 Å². The Bertz CT molecular complexity index is 1000. The van der Waals surface area contributed by atoms with Gasteiger partial charge in [0.2, 0.25) is 0 Å². The van der Waals surface area contributed by atoms with Crippen molar-refractivity contribution in [3.05, 3.63) is 52.6 Å². The third kappa shape index (κ3) is 4.22. The van der Waals surface area contributed by atoms with Crippen molar-refractivity contribution in [1.29, 1.82) is 0 Å². The molecule has 3 aromatic rings. The second-order valence-electron chi connectivity index (χ2n) is 6.04. The van der Waals surface area contributed by atoms with Gasteiger partial charge in [-0.05, 0) is 45.0 Å². The minimum atomic E-state index is -0.947. The number of nitrogens with one attached hydrogen (secondary N) is 1. The molecule has 9 heteroatoms. The molecule has 1 N–H and O–H groups in total. The van der Waals surface area contributed by atoms with Gasteiger partial charge in [-0.25, -0.2) is 9.50 Å². The Kier molecular flexibility index (Phi) is 5.36. The molecule has 3 rings (SSSR count). The quantitative estimate of drug-likeness (QED) is 0.675. The molecule has 1 atom stereocenters. The summed E-state index contributed by atoms with van der Waals surface area (Å²) in [5.41, 5.74) is 2.69. The van der Waals surface area contributed by atoms with Gasteiger partial charge in [0.25, 0.3) is 11.7 Å². The first-order valence-electron chi connectivity index (χ1n) is 8.27. The van der Waals surface area contributed by atoms with E-state index < -0.39 is 18.0 Å². The van der Waals surface area contributed by atoms with Crippen LogP contribution in [0.2, 0.25) is 5.02 Å². The standard InChI is InChI=1S/C18H18ClN5O3/c1-10-15(11(2)24-18(22-10)20-9-21-24)8-16(25)27-12(3)17(26)23-14-6-4-13(19)5-7-14/h4-7,9,12H,8H2,1-3H3,(H,23,26)/t12-/m1/s1. The highest BCUT2D eigenvalue weighted by atomic mass is 35.5. The first-order valence-corrected chi connectivity index (χ1v) is 8.64. The lowest BCUT2D eigenvalue weighted by Gasteiger charge is -2.15. The van der Waals surface area contributed by atoms with E-state index in [1.54, 1.807) is 35.7 Å². The van der Waals surface area contributed by atoms with Crippen molar-refractivity contribution in [2.24, 2.45) is 0 Å². The summed E-state index contributed by atoms with van der Waals surface area (Å²) in [5, 5.41) is 7.32. The smallest absolute Gasteiger partial charge is 0.311 e. The molecule has 2 heterocycles. The Morgan fingerprint density at radius 3 is 2.67 bits per heavy atom. The van der Waals surface area contributed by atoms with Crippen LogP contribution in [0.1, 0.15) is 23.9 Å². The fraction of sp³-hybridized carbons (Fsp3) is 0.278. The van der Waals surface area contributed by atoms with Crippen molar-refractivity contribution in [3.8, 4) is 0 Å². The lowest BCUT2D eigenvalue weighted by atomic mass is 10.1. The maximum Gasteiger partial charge on any atom is 0.311 e. The molecule has 0 saturated carbocycles. The zero-order valence-electron chi connectivity index (χ0n) is 15.1. The lowest BCUT2D eigenvalue weighted by molar-refractivity contribution is -0.152. The summed E-state index contributed by atoms with van der Waals surface area (Å²) in [5.74, 6) is -0.483. The summed E-state index contributed by atoms with van der Waals surface area (Å²) in [7, 11) is 0. The number of aromatic nitrogens is 4. The molecular formula is C18H18ClN5O3. The number of hydrogen-bond donors (Lipinski definition) is 1. The van der Waals surface area contributed by atoms with E-state index in [0.29, 0.717) is 27.7 Å². The van der Waals surface area contributed by atoms with Gasteiger partial charge < -0.3 is 10.1 Å². The van der Waals surface area contributed by atoms with E-state index in [4.69, 9.17) is 16.3 Å². The van der Waals surface area contributed by atoms with Crippen molar-refractivity contribution < 1.29 is 14.3 Å². The van der Waals surface area contributed by atoms with Gasteiger partial charge in [-0.1, -0.05) is 11.6 Å². The summed E-state index contributed by atoms with van der Waals surface area (Å²) < 4.78 is 6.83. The Hall–Kier alpha value is -3.00. The molecule has 1 aromatic carbocycles. The number of benzene rings is 1. The summed E-state index contributed by atoms with van der Waals surface area (Å²) in [6.45, 7) is 5.14. The molecule has 0 aliphatic rings. The fourth-order valence-corrected chi connectivity index (χ4v) is 2.75. The van der Waals surface area contributed by atoms with E-state index in [-0.39, 0.29) is 6.42 Å². The summed E-state index contributed by atoms with van der Waals surface area (Å²) in [4.78, 5) is 32.9. The average molecular weight is 388 g/mol. The molecule has 0 unspecified atom stereocenters. The number of rotatable bonds is 5. The highest BCUT2D eigenvalue weighted by Crippen LogP contribution is 2.16. The van der Waals surface area contributed by atoms with Crippen LogP contribution in [0.3, 0.4) is 0 Å². The molecular weight excluding hydrogens is 370 g/mol. The van der Waals surface area contributed by atoms with Crippen molar-refractivity contribution >= 4 is 34.9 Å². The SMILES string of the molecule is Cc1nc2ncnn2c(C)c1CC(=O)O[C@H](C)C(=O)Nc1ccc(Cl)cc1. The number of carbonyl (C=O) groups excluding carboxylic acids is 2. The van der Waals surface area contributed by atoms with Gasteiger partial charge in [0.1, 0.15) is 6.33 Å². The van der Waals surface area contributed by atoms with Crippen LogP contribution in [0.5, 0.6) is 0 Å². The minimum absolute atomic E-state index is 0.0148. The number of hydrogen-bond acceptors (Lipinski definition) is 6. The number of halogens is 1. The predicted octanol–water partition coefficient (Wildman–Crippen LogP) is 2.51. The number of aryl methyl sites for hydroxylation is 2. The Morgan fingerprint density at radius 1 is 1.26 bits per heavy atom. The van der Waals surface area contributed by atoms with E-state index in [1.807, 2.05) is 6.92 Å². The van der Waals surface area contributed by atoms with E-state index in [9.17, 15) is 9.59 Å². The summed E-state index contributed by atoms with van der Waals surface area (Å²) in [6.07, 6.45) is 0.441. The Balaban J connectivity index is 1.65. The summed E-state index contributed by atoms with van der Waals surface area (Å²) in [6, 6.07) is 6.65. The van der Waals surface area contributed by atoms with E-state index in [2.05, 4.69) is 20.4 Å². The molecule has 140 valence electrons. The zero-order valence-corrected chi connectivity index (χ0v) is 15.8. The molecule has 2 aromatic heterocycles. The average Bonchev–Trinajstić information content (AvgIpc) is 3.09. The molecule has 0 spiro atoms. The number of nitrogens with zero attached hydrogens (tertiary/aromatic N) is 4. The molecule has 8 nitrogen and oxygen atoms in total. The number of ether oxygens (including phenoxy) is 1. The largest absolute Gasteiger partial charge is 0.452 e. The molecule has 0 bridgehead atoms. The molecule has 0 aliphatic heterocycles. The van der Waals surface area contributed by atoms with Crippen LogP contribution in [-0.4, -0.2) is 37.6 Å². The Morgan fingerprint density at radius 2 is 1.96 bits per heavy atom. The number of carbonyl (C=O) groups is 2. The topological polar surface area (TPSA) is 98.5 Å². The van der Waals surface area contributed by atoms with Crippen LogP contribution < -0.4 is 5.32 Å². The molecule has 1 amide bonds. The van der Waals surface area contributed by atoms with E-state index in [0.717, 1.165) is 5.69 Å². The third-order valence-electron chi connectivity index (χ3n) is 4.10. The van der Waals surface area contributed by atoms with Crippen LogP contribution in [0.25, 0.3) is 5.78 Å². The van der Waals surface area contributed by atoms with Crippen molar-refractivity contribution in [2.75, 3.05) is 5.32 Å². The molecule has 0 aliphatic carbocycles. The zero-order chi connectivity index (χ0) is 19.6. The lowest BCUT2D eigenvalue weighted by Crippen LogP contribution is -2.30. The van der Waals surface area contributed by atoms with Crippen LogP contribution in [0.4, 0.5) is 5.69 Å². The van der Waals surface area contributed by atoms with Crippen molar-refractivity contribution in [2.45, 2.75) is 33.3 Å². The van der Waals surface area contributed by atoms with Crippen molar-refractivity contribution in [3.63, 3.8) is 0 Å². The van der Waals surface area contributed by atoms with E-state index in [1.165, 1.54) is 13.3 Å². The number of esters is 1. The second-order valence-corrected chi connectivity index (χ2v) is 6.47. The van der Waals surface area contributed by atoms with Crippen LogP contribution in [0.15, 0.2) is 30.6 Å². The molecule has 0 saturated heterocycles. The first kappa shape index (κ1) is 18.8. The minimum Gasteiger partial charge on any atom is -0.452 e. The van der Waals surface area contributed by atoms with Gasteiger partial charge in [0.15, 0.2) is 6.10 Å². The van der Waals surface area contributed by atoms with Crippen LogP contribution in [-0.2, 0) is 20.7 Å². The normalized spacial score (nSPS) is 12.0. The van der Waals surface area contributed by atoms with Gasteiger partial charge >= 0.3 is 5.97 Å². The number of fused-ring (bicyclic) bond motifs is 1. The maximum atomic E-state index is 12.3. The first-order chi connectivity index (χ1) is 12.8. The molecule has 0 fully saturated rings. The monoisotopic (exact) mass is 387 g/mol. The van der Waals surface area contributed by atoms with E-state index >= 15 is 0 Å². The van der Waals surface area contributed by atoms with Gasteiger partial charge in [-0.2, -0.15) is 10.1 Å². The highest BCUT2D eigenvalue weighted by molar-refractivity contribution is 6.30. The molecule has 27 heavy (non-hydrogen) atoms. The molecule has 0 radical (unpaired) electrons. The third-order valence-corrected chi connectivity index (χ3v) is 4.35. The Labute approximate surface area is 160 Å². The van der Waals surface area contributed by atoms with Gasteiger partial charge in [0, 0.05) is 27.7 Å². The summed E-state index contributed by atoms with van der Waals surface area (Å²) >= 11 is 5.81. The predicted molar refractivity (Wildman–Crippen MR) is 99.6 cm³/mol. The highest BCUT2D eigenvalue weighted by Gasteiger charge is 2.20. The van der Waals surface area contributed by atoms with Crippen LogP contribution >= 0.6 is 11.6 Å². The van der Waals surface area contributed by atoms with Gasteiger partial charge in [-0.3, -0.25) is 9.59 Å². The van der Waals surface area contributed by atoms with Crippen molar-refractivity contribution in [1.82, 2.24) is 19.6 Å².